The van der Waals surface area contributed by atoms with Gasteiger partial charge in [-0.05, 0) is 62.1 Å². The lowest BCUT2D eigenvalue weighted by Crippen LogP contribution is -2.59. The van der Waals surface area contributed by atoms with Crippen molar-refractivity contribution in [1.29, 1.82) is 0 Å². The number of piperazine rings is 1. The van der Waals surface area contributed by atoms with E-state index in [0.717, 1.165) is 16.8 Å². The number of H-pyrrole nitrogens is 1. The van der Waals surface area contributed by atoms with Crippen LogP contribution in [0.2, 0.25) is 5.02 Å². The molecule has 1 amide bonds. The lowest BCUT2D eigenvalue weighted by Gasteiger charge is -2.45. The van der Waals surface area contributed by atoms with Gasteiger partial charge in [0.25, 0.3) is 0 Å². The summed E-state index contributed by atoms with van der Waals surface area (Å²) in [5.74, 6) is -0.533. The van der Waals surface area contributed by atoms with Gasteiger partial charge in [0.2, 0.25) is 11.7 Å². The van der Waals surface area contributed by atoms with Gasteiger partial charge in [-0.15, -0.1) is 0 Å². The lowest BCUT2D eigenvalue weighted by molar-refractivity contribution is -0.128. The molecule has 242 valence electrons. The van der Waals surface area contributed by atoms with E-state index in [2.05, 4.69) is 16.5 Å². The Bertz CT molecular complexity index is 2230. The van der Waals surface area contributed by atoms with Crippen LogP contribution in [0.3, 0.4) is 0 Å². The molecule has 1 aromatic carbocycles. The number of nitrogens with one attached hydrogen (secondary N) is 1. The first kappa shape index (κ1) is 30.7. The third-order valence-corrected chi connectivity index (χ3v) is 9.57. The quantitative estimate of drug-likeness (QED) is 0.247. The first-order valence-electron chi connectivity index (χ1n) is 15.7. The van der Waals surface area contributed by atoms with Crippen molar-refractivity contribution in [2.45, 2.75) is 59.0 Å². The number of hydrogen-bond donors (Lipinski definition) is 1. The average molecular weight is 655 g/mol. The molecule has 0 radical (unpaired) electrons. The number of aryl methyl sites for hydroxylation is 2. The van der Waals surface area contributed by atoms with Crippen LogP contribution in [0.1, 0.15) is 49.9 Å². The molecule has 7 rings (SSSR count). The number of nitrogens with zero attached hydrogens (tertiary/aromatic N) is 5. The van der Waals surface area contributed by atoms with Gasteiger partial charge in [-0.25, -0.2) is 9.78 Å². The number of benzene rings is 1. The molecule has 12 heteroatoms. The van der Waals surface area contributed by atoms with Crippen molar-refractivity contribution >= 4 is 45.3 Å². The van der Waals surface area contributed by atoms with Crippen molar-refractivity contribution in [2.24, 2.45) is 0 Å². The summed E-state index contributed by atoms with van der Waals surface area (Å²) in [7, 11) is 0. The van der Waals surface area contributed by atoms with Crippen LogP contribution in [-0.2, 0) is 4.79 Å². The molecule has 0 aliphatic carbocycles. The smallest absolute Gasteiger partial charge is 0.417 e. The Kier molecular flexibility index (Phi) is 7.46. The van der Waals surface area contributed by atoms with Crippen LogP contribution < -0.4 is 21.0 Å². The second kappa shape index (κ2) is 11.4. The molecule has 47 heavy (non-hydrogen) atoms. The molecule has 2 unspecified atom stereocenters. The standard InChI is InChI=1S/C35H35ClN6O5/c1-7-25(43)40-16-21-11-13-46-32-30(41(21)15-20(40)6)22-14-23(36)28(26-18(4)8-9-24-31(26)47-35(45)38-24)39-33(22)42(34(32)44)29-19(5)10-12-37-27(29)17(2)3/h7-10,12,14,17,20-21H,1,11,13,15-16H2,2-6H3,(H,38,45). The molecule has 1 fully saturated rings. The number of oxazole rings is 1. The number of rotatable bonds is 4. The van der Waals surface area contributed by atoms with Crippen LogP contribution in [0.25, 0.3) is 39.1 Å². The first-order valence-corrected chi connectivity index (χ1v) is 16.1. The molecular formula is C35H35ClN6O5. The zero-order chi connectivity index (χ0) is 33.3. The molecule has 2 aliphatic rings. The van der Waals surface area contributed by atoms with Gasteiger partial charge in [0.15, 0.2) is 11.2 Å². The highest BCUT2D eigenvalue weighted by atomic mass is 35.5. The van der Waals surface area contributed by atoms with Crippen LogP contribution in [0.4, 0.5) is 5.69 Å². The number of aromatic nitrogens is 4. The second-order valence-electron chi connectivity index (χ2n) is 12.7. The van der Waals surface area contributed by atoms with Gasteiger partial charge in [-0.3, -0.25) is 24.1 Å². The lowest BCUT2D eigenvalue weighted by atomic mass is 10.0. The Balaban J connectivity index is 1.59. The number of anilines is 1. The SMILES string of the molecule is C=CC(=O)N1CC2CCOc3c(c4cc(Cl)c(-c5c(C)ccc6[nH]c(=O)oc56)nc4n(-c4c(C)ccnc4C(C)C)c3=O)N2CC1C. The van der Waals surface area contributed by atoms with Crippen molar-refractivity contribution in [3.05, 3.63) is 85.9 Å². The number of carbonyl (C=O) groups excluding carboxylic acids is 1. The van der Waals surface area contributed by atoms with Crippen LogP contribution >= 0.6 is 11.6 Å². The van der Waals surface area contributed by atoms with Crippen LogP contribution in [0.15, 0.2) is 57.1 Å². The minimum Gasteiger partial charge on any atom is -0.486 e. The number of aromatic amines is 1. The summed E-state index contributed by atoms with van der Waals surface area (Å²) in [6.07, 6.45) is 3.68. The normalized spacial score (nSPS) is 17.9. The summed E-state index contributed by atoms with van der Waals surface area (Å²) in [5, 5.41) is 0.930. The molecule has 11 nitrogen and oxygen atoms in total. The van der Waals surface area contributed by atoms with E-state index in [1.807, 2.05) is 57.7 Å². The molecule has 1 saturated heterocycles. The average Bonchev–Trinajstić information content (AvgIpc) is 3.31. The van der Waals surface area contributed by atoms with Crippen LogP contribution in [0.5, 0.6) is 5.75 Å². The Morgan fingerprint density at radius 2 is 1.94 bits per heavy atom. The fourth-order valence-corrected chi connectivity index (χ4v) is 7.26. The van der Waals surface area contributed by atoms with E-state index in [-0.39, 0.29) is 41.8 Å². The Morgan fingerprint density at radius 3 is 2.68 bits per heavy atom. The van der Waals surface area contributed by atoms with E-state index >= 15 is 0 Å². The van der Waals surface area contributed by atoms with Gasteiger partial charge in [0, 0.05) is 42.7 Å². The van der Waals surface area contributed by atoms with E-state index in [4.69, 9.17) is 30.7 Å². The van der Waals surface area contributed by atoms with Gasteiger partial charge in [0.1, 0.15) is 0 Å². The second-order valence-corrected chi connectivity index (χ2v) is 13.1. The largest absolute Gasteiger partial charge is 0.486 e. The van der Waals surface area contributed by atoms with Crippen molar-refractivity contribution < 1.29 is 13.9 Å². The highest BCUT2D eigenvalue weighted by Gasteiger charge is 2.39. The molecule has 1 N–H and O–H groups in total. The topological polar surface area (TPSA) is 127 Å². The molecule has 6 heterocycles. The minimum absolute atomic E-state index is 0.0100. The molecule has 5 aromatic rings. The molecule has 0 spiro atoms. The monoisotopic (exact) mass is 654 g/mol. The van der Waals surface area contributed by atoms with Crippen LogP contribution in [-0.4, -0.2) is 62.1 Å². The summed E-state index contributed by atoms with van der Waals surface area (Å²) in [5.41, 5.74) is 5.34. The molecule has 2 aliphatic heterocycles. The Labute approximate surface area is 275 Å². The van der Waals surface area contributed by atoms with Gasteiger partial charge < -0.3 is 19.0 Å². The fraction of sp³-hybridized carbons (Fsp3) is 0.343. The molecular weight excluding hydrogens is 620 g/mol. The summed E-state index contributed by atoms with van der Waals surface area (Å²) >= 11 is 7.12. The van der Waals surface area contributed by atoms with Crippen molar-refractivity contribution in [1.82, 2.24) is 24.4 Å². The molecule has 0 saturated carbocycles. The number of ether oxygens (including phenoxy) is 1. The van der Waals surface area contributed by atoms with Gasteiger partial charge in [-0.1, -0.05) is 38.1 Å². The predicted octanol–water partition coefficient (Wildman–Crippen LogP) is 5.65. The number of hydrogen-bond acceptors (Lipinski definition) is 8. The summed E-state index contributed by atoms with van der Waals surface area (Å²) in [6, 6.07) is 7.04. The van der Waals surface area contributed by atoms with E-state index in [1.165, 1.54) is 6.08 Å². The number of carbonyl (C=O) groups is 1. The number of halogens is 1. The Hall–Kier alpha value is -4.90. The van der Waals surface area contributed by atoms with Gasteiger partial charge in [-0.2, -0.15) is 0 Å². The zero-order valence-electron chi connectivity index (χ0n) is 26.9. The van der Waals surface area contributed by atoms with Gasteiger partial charge >= 0.3 is 11.3 Å². The third-order valence-electron chi connectivity index (χ3n) is 9.28. The van der Waals surface area contributed by atoms with E-state index in [9.17, 15) is 14.4 Å². The highest BCUT2D eigenvalue weighted by molar-refractivity contribution is 6.34. The predicted molar refractivity (Wildman–Crippen MR) is 182 cm³/mol. The summed E-state index contributed by atoms with van der Waals surface area (Å²) in [4.78, 5) is 56.4. The maximum Gasteiger partial charge on any atom is 0.417 e. The maximum absolute atomic E-state index is 14.9. The maximum atomic E-state index is 14.9. The number of pyridine rings is 3. The molecule has 0 bridgehead atoms. The number of amides is 1. The molecule has 4 aromatic heterocycles. The van der Waals surface area contributed by atoms with Crippen molar-refractivity contribution in [3.63, 3.8) is 0 Å². The van der Waals surface area contributed by atoms with E-state index < -0.39 is 5.76 Å². The van der Waals surface area contributed by atoms with E-state index in [1.54, 1.807) is 16.8 Å². The van der Waals surface area contributed by atoms with Crippen molar-refractivity contribution in [2.75, 3.05) is 24.6 Å². The summed E-state index contributed by atoms with van der Waals surface area (Å²) in [6.45, 7) is 14.8. The third kappa shape index (κ3) is 4.83. The summed E-state index contributed by atoms with van der Waals surface area (Å²) < 4.78 is 13.5. The molecule has 2 atom stereocenters. The van der Waals surface area contributed by atoms with E-state index in [0.29, 0.717) is 69.3 Å². The Morgan fingerprint density at radius 1 is 1.15 bits per heavy atom. The van der Waals surface area contributed by atoms with Crippen LogP contribution in [0, 0.1) is 13.8 Å². The minimum atomic E-state index is -0.593. The zero-order valence-corrected chi connectivity index (χ0v) is 27.6. The van der Waals surface area contributed by atoms with Gasteiger partial charge in [0.05, 0.1) is 46.0 Å². The highest BCUT2D eigenvalue weighted by Crippen LogP contribution is 2.44. The van der Waals surface area contributed by atoms with Crippen molar-refractivity contribution in [3.8, 4) is 22.7 Å². The fourth-order valence-electron chi connectivity index (χ4n) is 7.02. The first-order chi connectivity index (χ1) is 22.5. The number of fused-ring (bicyclic) bond motifs is 6.